The minimum Gasteiger partial charge on any atom is -0.457 e. The van der Waals surface area contributed by atoms with Crippen molar-refractivity contribution in [2.45, 2.75) is 62.9 Å². The maximum Gasteiger partial charge on any atom is 0.417 e. The fraction of sp³-hybridized carbons (Fsp3) is 0.875. The molecule has 0 N–H and O–H groups in total. The summed E-state index contributed by atoms with van der Waals surface area (Å²) < 4.78 is 21.2. The molecule has 2 aliphatic carbocycles. The van der Waals surface area contributed by atoms with Crippen molar-refractivity contribution in [1.29, 1.82) is 0 Å². The highest BCUT2D eigenvalue weighted by Gasteiger charge is 2.48. The number of fused-ring (bicyclic) bond motifs is 2. The van der Waals surface area contributed by atoms with Gasteiger partial charge in [-0.1, -0.05) is 12.8 Å². The predicted octanol–water partition coefficient (Wildman–Crippen LogP) is 1.21. The van der Waals surface area contributed by atoms with Crippen molar-refractivity contribution in [3.63, 3.8) is 0 Å². The lowest BCUT2D eigenvalue weighted by molar-refractivity contribution is -0.169. The fourth-order valence-corrected chi connectivity index (χ4v) is 3.94. The van der Waals surface area contributed by atoms with Crippen LogP contribution in [0.2, 0.25) is 0 Å². The van der Waals surface area contributed by atoms with Crippen LogP contribution >= 0.6 is 0 Å². The Morgan fingerprint density at radius 3 is 1.68 bits per heavy atom. The number of hydrogen-bond donors (Lipinski definition) is 0. The van der Waals surface area contributed by atoms with E-state index in [1.54, 1.807) is 0 Å². The highest BCUT2D eigenvalue weighted by molar-refractivity contribution is 6.29. The summed E-state index contributed by atoms with van der Waals surface area (Å²) in [7, 11) is 0. The molecular weight excluding hydrogens is 288 g/mol. The lowest BCUT2D eigenvalue weighted by Crippen LogP contribution is -2.29. The number of esters is 2. The molecule has 6 unspecified atom stereocenters. The normalized spacial score (nSPS) is 41.8. The third kappa shape index (κ3) is 2.99. The van der Waals surface area contributed by atoms with Gasteiger partial charge in [-0.25, -0.2) is 9.59 Å². The van der Waals surface area contributed by atoms with E-state index in [0.717, 1.165) is 38.5 Å². The SMILES string of the molecule is O=C(OCC1CCCC2OC12)C(=O)OCC1CCCC2OC12. The number of hydrogen-bond acceptors (Lipinski definition) is 6. The van der Waals surface area contributed by atoms with Gasteiger partial charge >= 0.3 is 11.9 Å². The van der Waals surface area contributed by atoms with Crippen molar-refractivity contribution >= 4 is 11.9 Å². The quantitative estimate of drug-likeness (QED) is 0.441. The standard InChI is InChI=1S/C16H22O6/c17-15(19-7-9-3-1-5-11-13(9)21-11)16(18)20-8-10-4-2-6-12-14(10)22-12/h9-14H,1-8H2. The van der Waals surface area contributed by atoms with Crippen molar-refractivity contribution < 1.29 is 28.5 Å². The van der Waals surface area contributed by atoms with E-state index >= 15 is 0 Å². The summed E-state index contributed by atoms with van der Waals surface area (Å²) in [6.45, 7) is 0.513. The van der Waals surface area contributed by atoms with Crippen LogP contribution in [-0.2, 0) is 28.5 Å². The van der Waals surface area contributed by atoms with Crippen molar-refractivity contribution in [2.75, 3.05) is 13.2 Å². The van der Waals surface area contributed by atoms with Gasteiger partial charge in [0.15, 0.2) is 0 Å². The molecule has 122 valence electrons. The molecule has 0 aromatic carbocycles. The predicted molar refractivity (Wildman–Crippen MR) is 73.9 cm³/mol. The number of carbonyl (C=O) groups is 2. The average Bonchev–Trinajstić information content (AvgIpc) is 3.42. The monoisotopic (exact) mass is 310 g/mol. The summed E-state index contributed by atoms with van der Waals surface area (Å²) in [5.41, 5.74) is 0. The Bertz CT molecular complexity index is 422. The molecule has 2 saturated heterocycles. The summed E-state index contributed by atoms with van der Waals surface area (Å²) in [4.78, 5) is 23.4. The van der Waals surface area contributed by atoms with Crippen LogP contribution in [0.15, 0.2) is 0 Å². The van der Waals surface area contributed by atoms with E-state index in [-0.39, 0.29) is 37.3 Å². The summed E-state index contributed by atoms with van der Waals surface area (Å²) in [5.74, 6) is -1.30. The molecule has 2 aliphatic heterocycles. The van der Waals surface area contributed by atoms with E-state index < -0.39 is 11.9 Å². The second kappa shape index (κ2) is 5.81. The van der Waals surface area contributed by atoms with Gasteiger partial charge in [0.2, 0.25) is 0 Å². The van der Waals surface area contributed by atoms with Crippen molar-refractivity contribution in [3.05, 3.63) is 0 Å². The first kappa shape index (κ1) is 14.5. The van der Waals surface area contributed by atoms with Crippen LogP contribution < -0.4 is 0 Å². The summed E-state index contributed by atoms with van der Waals surface area (Å²) in [5, 5.41) is 0. The molecule has 0 bridgehead atoms. The van der Waals surface area contributed by atoms with Crippen LogP contribution in [0.1, 0.15) is 38.5 Å². The summed E-state index contributed by atoms with van der Waals surface area (Å²) >= 11 is 0. The van der Waals surface area contributed by atoms with E-state index in [9.17, 15) is 9.59 Å². The maximum absolute atomic E-state index is 11.7. The van der Waals surface area contributed by atoms with Gasteiger partial charge in [0, 0.05) is 11.8 Å². The molecule has 0 amide bonds. The molecule has 2 heterocycles. The molecule has 22 heavy (non-hydrogen) atoms. The van der Waals surface area contributed by atoms with Crippen molar-refractivity contribution in [2.24, 2.45) is 11.8 Å². The van der Waals surface area contributed by atoms with Gasteiger partial charge < -0.3 is 18.9 Å². The van der Waals surface area contributed by atoms with Crippen LogP contribution in [0, 0.1) is 11.8 Å². The van der Waals surface area contributed by atoms with Crippen LogP contribution in [0.5, 0.6) is 0 Å². The molecule has 6 heteroatoms. The van der Waals surface area contributed by atoms with Gasteiger partial charge in [-0.2, -0.15) is 0 Å². The van der Waals surface area contributed by atoms with Crippen LogP contribution in [0.25, 0.3) is 0 Å². The Morgan fingerprint density at radius 1 is 0.773 bits per heavy atom. The Morgan fingerprint density at radius 2 is 1.23 bits per heavy atom. The van der Waals surface area contributed by atoms with E-state index in [1.165, 1.54) is 0 Å². The molecule has 0 aromatic heterocycles. The third-order valence-corrected chi connectivity index (χ3v) is 5.32. The molecular formula is C16H22O6. The Hall–Kier alpha value is -1.14. The van der Waals surface area contributed by atoms with Gasteiger partial charge in [0.1, 0.15) is 0 Å². The van der Waals surface area contributed by atoms with Gasteiger partial charge in [-0.05, 0) is 25.7 Å². The van der Waals surface area contributed by atoms with Gasteiger partial charge in [0.25, 0.3) is 0 Å². The van der Waals surface area contributed by atoms with E-state index in [4.69, 9.17) is 18.9 Å². The molecule has 0 radical (unpaired) electrons. The minimum atomic E-state index is -0.883. The molecule has 6 nitrogen and oxygen atoms in total. The Balaban J connectivity index is 1.17. The van der Waals surface area contributed by atoms with E-state index in [0.29, 0.717) is 12.2 Å². The van der Waals surface area contributed by atoms with Crippen molar-refractivity contribution in [3.8, 4) is 0 Å². The van der Waals surface area contributed by atoms with E-state index in [1.807, 2.05) is 0 Å². The second-order valence-corrected chi connectivity index (χ2v) is 6.86. The number of carbonyl (C=O) groups excluding carboxylic acids is 2. The molecule has 4 aliphatic rings. The average molecular weight is 310 g/mol. The van der Waals surface area contributed by atoms with Gasteiger partial charge in [-0.3, -0.25) is 0 Å². The van der Waals surface area contributed by atoms with Crippen LogP contribution in [0.4, 0.5) is 0 Å². The molecule has 4 fully saturated rings. The Labute approximate surface area is 129 Å². The third-order valence-electron chi connectivity index (χ3n) is 5.32. The Kier molecular flexibility index (Phi) is 3.82. The zero-order chi connectivity index (χ0) is 15.1. The first-order chi connectivity index (χ1) is 10.7. The highest BCUT2D eigenvalue weighted by atomic mass is 16.6. The topological polar surface area (TPSA) is 77.7 Å². The summed E-state index contributed by atoms with van der Waals surface area (Å²) in [6.07, 6.45) is 7.52. The van der Waals surface area contributed by atoms with Crippen LogP contribution in [0.3, 0.4) is 0 Å². The largest absolute Gasteiger partial charge is 0.457 e. The lowest BCUT2D eigenvalue weighted by Gasteiger charge is -2.19. The van der Waals surface area contributed by atoms with Crippen molar-refractivity contribution in [1.82, 2.24) is 0 Å². The number of epoxide rings is 2. The smallest absolute Gasteiger partial charge is 0.417 e. The number of ether oxygens (including phenoxy) is 4. The first-order valence-corrected chi connectivity index (χ1v) is 8.37. The molecule has 4 rings (SSSR count). The maximum atomic E-state index is 11.7. The molecule has 2 saturated carbocycles. The second-order valence-electron chi connectivity index (χ2n) is 6.86. The zero-order valence-corrected chi connectivity index (χ0v) is 12.6. The van der Waals surface area contributed by atoms with Crippen LogP contribution in [-0.4, -0.2) is 49.6 Å². The fourth-order valence-electron chi connectivity index (χ4n) is 3.94. The number of rotatable bonds is 4. The van der Waals surface area contributed by atoms with E-state index in [2.05, 4.69) is 0 Å². The molecule has 6 atom stereocenters. The lowest BCUT2D eigenvalue weighted by atomic mass is 9.90. The minimum absolute atomic E-state index is 0.226. The highest BCUT2D eigenvalue weighted by Crippen LogP contribution is 2.41. The molecule has 0 aromatic rings. The van der Waals surface area contributed by atoms with Gasteiger partial charge in [-0.15, -0.1) is 0 Å². The zero-order valence-electron chi connectivity index (χ0n) is 12.6. The first-order valence-electron chi connectivity index (χ1n) is 8.37. The summed E-state index contributed by atoms with van der Waals surface area (Å²) in [6, 6.07) is 0. The van der Waals surface area contributed by atoms with Gasteiger partial charge in [0.05, 0.1) is 37.6 Å². The molecule has 0 spiro atoms.